The SMILES string of the molecule is Cn1nc(-c2nncn2-c2ccccc2)c2c1CCN(C(=O)c1ccccc1F)C2. The van der Waals surface area contributed by atoms with Crippen LogP contribution in [0.2, 0.25) is 0 Å². The third-order valence-electron chi connectivity index (χ3n) is 5.43. The molecule has 30 heavy (non-hydrogen) atoms. The predicted molar refractivity (Wildman–Crippen MR) is 108 cm³/mol. The summed E-state index contributed by atoms with van der Waals surface area (Å²) in [6.45, 7) is 0.845. The van der Waals surface area contributed by atoms with Gasteiger partial charge in [0.1, 0.15) is 17.8 Å². The molecule has 0 saturated carbocycles. The monoisotopic (exact) mass is 402 g/mol. The summed E-state index contributed by atoms with van der Waals surface area (Å²) in [4.78, 5) is 14.6. The Morgan fingerprint density at radius 3 is 2.63 bits per heavy atom. The number of aryl methyl sites for hydroxylation is 1. The van der Waals surface area contributed by atoms with E-state index >= 15 is 0 Å². The van der Waals surface area contributed by atoms with E-state index in [0.717, 1.165) is 16.9 Å². The van der Waals surface area contributed by atoms with Crippen LogP contribution in [0.3, 0.4) is 0 Å². The molecule has 5 rings (SSSR count). The molecule has 3 heterocycles. The largest absolute Gasteiger partial charge is 0.334 e. The molecule has 150 valence electrons. The van der Waals surface area contributed by atoms with Crippen LogP contribution in [0, 0.1) is 5.82 Å². The molecule has 4 aromatic rings. The number of halogens is 1. The fraction of sp³-hybridized carbons (Fsp3) is 0.182. The van der Waals surface area contributed by atoms with Crippen molar-refractivity contribution in [3.63, 3.8) is 0 Å². The van der Waals surface area contributed by atoms with Crippen molar-refractivity contribution < 1.29 is 9.18 Å². The van der Waals surface area contributed by atoms with Crippen molar-refractivity contribution in [2.24, 2.45) is 7.05 Å². The molecule has 0 fully saturated rings. The molecule has 1 aliphatic rings. The van der Waals surface area contributed by atoms with E-state index in [1.54, 1.807) is 23.4 Å². The summed E-state index contributed by atoms with van der Waals surface area (Å²) in [5.74, 6) is -0.222. The van der Waals surface area contributed by atoms with Gasteiger partial charge in [-0.1, -0.05) is 30.3 Å². The Labute approximate surface area is 172 Å². The van der Waals surface area contributed by atoms with Crippen LogP contribution >= 0.6 is 0 Å². The van der Waals surface area contributed by atoms with Gasteiger partial charge in [0, 0.05) is 37.0 Å². The lowest BCUT2D eigenvalue weighted by Gasteiger charge is -2.28. The number of para-hydroxylation sites is 1. The minimum Gasteiger partial charge on any atom is -0.334 e. The van der Waals surface area contributed by atoms with Crippen molar-refractivity contribution >= 4 is 5.91 Å². The summed E-state index contributed by atoms with van der Waals surface area (Å²) in [6, 6.07) is 15.8. The normalized spacial score (nSPS) is 13.3. The molecule has 0 aliphatic carbocycles. The third kappa shape index (κ3) is 2.97. The molecule has 0 bridgehead atoms. The van der Waals surface area contributed by atoms with Crippen LogP contribution in [0.5, 0.6) is 0 Å². The molecule has 0 radical (unpaired) electrons. The van der Waals surface area contributed by atoms with Crippen LogP contribution in [0.15, 0.2) is 60.9 Å². The number of nitrogens with zero attached hydrogens (tertiary/aromatic N) is 6. The van der Waals surface area contributed by atoms with Crippen molar-refractivity contribution in [2.75, 3.05) is 6.54 Å². The molecule has 2 aromatic carbocycles. The molecule has 2 aromatic heterocycles. The molecule has 1 aliphatic heterocycles. The first-order chi connectivity index (χ1) is 14.6. The summed E-state index contributed by atoms with van der Waals surface area (Å²) in [5, 5.41) is 13.1. The number of rotatable bonds is 3. The van der Waals surface area contributed by atoms with Crippen molar-refractivity contribution in [1.82, 2.24) is 29.4 Å². The van der Waals surface area contributed by atoms with Gasteiger partial charge in [-0.2, -0.15) is 5.10 Å². The van der Waals surface area contributed by atoms with Crippen molar-refractivity contribution in [3.8, 4) is 17.2 Å². The van der Waals surface area contributed by atoms with Gasteiger partial charge in [0.15, 0.2) is 5.82 Å². The lowest BCUT2D eigenvalue weighted by atomic mass is 10.0. The van der Waals surface area contributed by atoms with Gasteiger partial charge >= 0.3 is 0 Å². The van der Waals surface area contributed by atoms with Gasteiger partial charge in [0.05, 0.1) is 12.1 Å². The number of carbonyl (C=O) groups is 1. The number of amides is 1. The van der Waals surface area contributed by atoms with Gasteiger partial charge in [0.2, 0.25) is 0 Å². The zero-order valence-corrected chi connectivity index (χ0v) is 16.4. The Morgan fingerprint density at radius 1 is 1.07 bits per heavy atom. The minimum atomic E-state index is -0.511. The van der Waals surface area contributed by atoms with E-state index in [2.05, 4.69) is 15.3 Å². The molecular formula is C22H19FN6O. The molecule has 0 atom stereocenters. The smallest absolute Gasteiger partial charge is 0.257 e. The van der Waals surface area contributed by atoms with Gasteiger partial charge < -0.3 is 4.90 Å². The summed E-state index contributed by atoms with van der Waals surface area (Å²) in [7, 11) is 1.89. The average Bonchev–Trinajstić information content (AvgIpc) is 3.39. The Kier molecular flexibility index (Phi) is 4.39. The summed E-state index contributed by atoms with van der Waals surface area (Å²) in [6.07, 6.45) is 2.29. The highest BCUT2D eigenvalue weighted by Crippen LogP contribution is 2.30. The molecular weight excluding hydrogens is 383 g/mol. The Balaban J connectivity index is 1.54. The number of carbonyl (C=O) groups excluding carboxylic acids is 1. The minimum absolute atomic E-state index is 0.0823. The fourth-order valence-electron chi connectivity index (χ4n) is 3.92. The number of hydrogen-bond donors (Lipinski definition) is 0. The Morgan fingerprint density at radius 2 is 1.83 bits per heavy atom. The maximum absolute atomic E-state index is 14.2. The van der Waals surface area contributed by atoms with E-state index in [-0.39, 0.29) is 11.5 Å². The Hall–Kier alpha value is -3.81. The fourth-order valence-corrected chi connectivity index (χ4v) is 3.92. The summed E-state index contributed by atoms with van der Waals surface area (Å²) >= 11 is 0. The number of fused-ring (bicyclic) bond motifs is 1. The van der Waals surface area contributed by atoms with Gasteiger partial charge in [-0.15, -0.1) is 10.2 Å². The van der Waals surface area contributed by atoms with E-state index in [9.17, 15) is 9.18 Å². The second kappa shape index (κ2) is 7.22. The maximum Gasteiger partial charge on any atom is 0.257 e. The van der Waals surface area contributed by atoms with Gasteiger partial charge in [-0.3, -0.25) is 14.0 Å². The average molecular weight is 402 g/mol. The topological polar surface area (TPSA) is 68.8 Å². The van der Waals surface area contributed by atoms with E-state index < -0.39 is 5.82 Å². The van der Waals surface area contributed by atoms with Gasteiger partial charge in [0.25, 0.3) is 5.91 Å². The second-order valence-corrected chi connectivity index (χ2v) is 7.21. The quantitative estimate of drug-likeness (QED) is 0.528. The zero-order valence-electron chi connectivity index (χ0n) is 16.4. The van der Waals surface area contributed by atoms with E-state index in [0.29, 0.717) is 31.0 Å². The molecule has 1 amide bonds. The van der Waals surface area contributed by atoms with E-state index in [1.807, 2.05) is 46.6 Å². The predicted octanol–water partition coefficient (Wildman–Crippen LogP) is 3.01. The lowest BCUT2D eigenvalue weighted by Crippen LogP contribution is -2.36. The first-order valence-electron chi connectivity index (χ1n) is 9.68. The van der Waals surface area contributed by atoms with Crippen LogP contribution in [0.4, 0.5) is 4.39 Å². The van der Waals surface area contributed by atoms with Crippen molar-refractivity contribution in [1.29, 1.82) is 0 Å². The van der Waals surface area contributed by atoms with E-state index in [4.69, 9.17) is 0 Å². The van der Waals surface area contributed by atoms with Crippen molar-refractivity contribution in [2.45, 2.75) is 13.0 Å². The molecule has 8 heteroatoms. The lowest BCUT2D eigenvalue weighted by molar-refractivity contribution is 0.0729. The van der Waals surface area contributed by atoms with Crippen LogP contribution in [-0.4, -0.2) is 41.9 Å². The molecule has 0 N–H and O–H groups in total. The highest BCUT2D eigenvalue weighted by Gasteiger charge is 2.30. The molecule has 0 saturated heterocycles. The van der Waals surface area contributed by atoms with Gasteiger partial charge in [-0.05, 0) is 24.3 Å². The highest BCUT2D eigenvalue weighted by molar-refractivity contribution is 5.94. The highest BCUT2D eigenvalue weighted by atomic mass is 19.1. The number of aromatic nitrogens is 5. The maximum atomic E-state index is 14.2. The zero-order chi connectivity index (χ0) is 20.7. The molecule has 7 nitrogen and oxygen atoms in total. The first kappa shape index (κ1) is 18.2. The van der Waals surface area contributed by atoms with Crippen LogP contribution in [-0.2, 0) is 20.0 Å². The molecule has 0 unspecified atom stereocenters. The standard InChI is InChI=1S/C22H19FN6O/c1-27-19-11-12-28(22(30)16-9-5-6-10-18(16)23)13-17(19)20(26-27)21-25-24-14-29(21)15-7-3-2-4-8-15/h2-10,14H,11-13H2,1H3. The van der Waals surface area contributed by atoms with Crippen LogP contribution in [0.25, 0.3) is 17.2 Å². The van der Waals surface area contributed by atoms with E-state index in [1.165, 1.54) is 12.1 Å². The molecule has 0 spiro atoms. The first-order valence-corrected chi connectivity index (χ1v) is 9.68. The summed E-state index contributed by atoms with van der Waals surface area (Å²) < 4.78 is 17.9. The van der Waals surface area contributed by atoms with Crippen molar-refractivity contribution in [3.05, 3.63) is 83.6 Å². The second-order valence-electron chi connectivity index (χ2n) is 7.21. The van der Waals surface area contributed by atoms with Crippen LogP contribution < -0.4 is 0 Å². The van der Waals surface area contributed by atoms with Gasteiger partial charge in [-0.25, -0.2) is 4.39 Å². The third-order valence-corrected chi connectivity index (χ3v) is 5.43. The number of hydrogen-bond acceptors (Lipinski definition) is 4. The van der Waals surface area contributed by atoms with Crippen LogP contribution in [0.1, 0.15) is 21.6 Å². The Bertz CT molecular complexity index is 1230. The summed E-state index contributed by atoms with van der Waals surface area (Å²) in [5.41, 5.74) is 3.65. The number of benzene rings is 2.